The lowest BCUT2D eigenvalue weighted by atomic mass is 9.99. The predicted octanol–water partition coefficient (Wildman–Crippen LogP) is 16.7. The highest BCUT2D eigenvalue weighted by atomic mass is 15.0. The Balaban J connectivity index is 1.16. The summed E-state index contributed by atoms with van der Waals surface area (Å²) in [5.74, 6) is 0. The first-order chi connectivity index (χ1) is 33.3. The number of aryl methyl sites for hydroxylation is 4. The summed E-state index contributed by atoms with van der Waals surface area (Å²) in [6.45, 7) is 8.50. The van der Waals surface area contributed by atoms with E-state index in [1.165, 1.54) is 22.3 Å². The van der Waals surface area contributed by atoms with Gasteiger partial charge in [-0.1, -0.05) is 144 Å². The van der Waals surface area contributed by atoms with Gasteiger partial charge in [0, 0.05) is 33.9 Å². The van der Waals surface area contributed by atoms with Crippen LogP contribution in [0.4, 0.5) is 0 Å². The summed E-state index contributed by atoms with van der Waals surface area (Å²) in [5, 5.41) is 16.2. The van der Waals surface area contributed by atoms with Crippen molar-refractivity contribution in [3.05, 3.63) is 234 Å². The van der Waals surface area contributed by atoms with Gasteiger partial charge >= 0.3 is 0 Å². The van der Waals surface area contributed by atoms with Gasteiger partial charge in [-0.2, -0.15) is 5.26 Å². The third-order valence-corrected chi connectivity index (χ3v) is 13.8. The molecule has 12 rings (SSSR count). The fraction of sp³-hybridized carbons (Fsp3) is 0.0625. The normalized spacial score (nSPS) is 11.5. The van der Waals surface area contributed by atoms with Crippen LogP contribution >= 0.6 is 0 Å². The number of hydrogen-bond donors (Lipinski definition) is 0. The number of hydrogen-bond acceptors (Lipinski definition) is 2. The molecular formula is C64H46N4. The molecule has 12 aromatic rings. The van der Waals surface area contributed by atoms with E-state index in [0.717, 1.165) is 111 Å². The van der Waals surface area contributed by atoms with Crippen molar-refractivity contribution in [3.8, 4) is 73.1 Å². The second-order valence-corrected chi connectivity index (χ2v) is 18.3. The van der Waals surface area contributed by atoms with Crippen molar-refractivity contribution in [2.75, 3.05) is 0 Å². The molecule has 0 spiro atoms. The Morgan fingerprint density at radius 2 is 0.574 bits per heavy atom. The third kappa shape index (κ3) is 6.96. The topological polar surface area (TPSA) is 46.5 Å². The lowest BCUT2D eigenvalue weighted by Crippen LogP contribution is -2.05. The highest BCUT2D eigenvalue weighted by Crippen LogP contribution is 2.43. The molecule has 0 fully saturated rings. The molecule has 0 bridgehead atoms. The standard InChI is InChI=1S/C64H46N4/c1-40-5-13-44(14-6-40)49-21-25-59-54(33-49)55-34-50(45-15-7-41(2)8-16-45)22-26-60(55)67(59)63-37-53(48-29-31-66-32-30-48)38-64(58(63)39-65)68-61-27-23-51(46-17-9-42(3)10-18-46)35-56(61)57-36-52(24-28-62(57)68)47-19-11-43(4)12-20-47/h5-38H,1-4H3. The van der Waals surface area contributed by atoms with Crippen LogP contribution in [0, 0.1) is 39.0 Å². The smallest absolute Gasteiger partial charge is 0.104 e. The van der Waals surface area contributed by atoms with Gasteiger partial charge in [0.05, 0.1) is 33.4 Å². The fourth-order valence-corrected chi connectivity index (χ4v) is 10.1. The first-order valence-electron chi connectivity index (χ1n) is 23.2. The van der Waals surface area contributed by atoms with E-state index in [9.17, 15) is 5.26 Å². The van der Waals surface area contributed by atoms with Crippen LogP contribution in [0.25, 0.3) is 111 Å². The Kier molecular flexibility index (Phi) is 9.74. The number of pyridine rings is 1. The van der Waals surface area contributed by atoms with Crippen molar-refractivity contribution in [2.45, 2.75) is 27.7 Å². The number of aromatic nitrogens is 3. The Hall–Kier alpha value is -8.78. The van der Waals surface area contributed by atoms with Crippen molar-refractivity contribution in [1.82, 2.24) is 14.1 Å². The van der Waals surface area contributed by atoms with Gasteiger partial charge in [-0.25, -0.2) is 0 Å². The lowest BCUT2D eigenvalue weighted by molar-refractivity contribution is 1.12. The molecule has 0 amide bonds. The molecule has 0 unspecified atom stereocenters. The van der Waals surface area contributed by atoms with E-state index < -0.39 is 0 Å². The maximum atomic E-state index is 11.7. The summed E-state index contributed by atoms with van der Waals surface area (Å²) in [6, 6.07) is 73.3. The van der Waals surface area contributed by atoms with Crippen LogP contribution in [-0.4, -0.2) is 14.1 Å². The van der Waals surface area contributed by atoms with E-state index in [4.69, 9.17) is 0 Å². The van der Waals surface area contributed by atoms with E-state index in [1.54, 1.807) is 0 Å². The quantitative estimate of drug-likeness (QED) is 0.160. The molecule has 3 heterocycles. The molecule has 0 N–H and O–H groups in total. The van der Waals surface area contributed by atoms with Crippen molar-refractivity contribution in [1.29, 1.82) is 5.26 Å². The second-order valence-electron chi connectivity index (χ2n) is 18.3. The van der Waals surface area contributed by atoms with E-state index in [-0.39, 0.29) is 0 Å². The molecule has 3 aromatic heterocycles. The van der Waals surface area contributed by atoms with Gasteiger partial charge in [0.15, 0.2) is 0 Å². The number of fused-ring (bicyclic) bond motifs is 6. The summed E-state index contributed by atoms with van der Waals surface area (Å²) in [5.41, 5.74) is 22.4. The largest absolute Gasteiger partial charge is 0.308 e. The van der Waals surface area contributed by atoms with Crippen LogP contribution in [0.2, 0.25) is 0 Å². The monoisotopic (exact) mass is 870 g/mol. The van der Waals surface area contributed by atoms with Crippen molar-refractivity contribution in [3.63, 3.8) is 0 Å². The van der Waals surface area contributed by atoms with E-state index >= 15 is 0 Å². The van der Waals surface area contributed by atoms with Crippen molar-refractivity contribution >= 4 is 43.6 Å². The molecule has 0 saturated carbocycles. The molecule has 322 valence electrons. The third-order valence-electron chi connectivity index (χ3n) is 13.8. The van der Waals surface area contributed by atoms with Gasteiger partial charge in [-0.3, -0.25) is 4.98 Å². The second kappa shape index (κ2) is 16.3. The van der Waals surface area contributed by atoms with Gasteiger partial charge < -0.3 is 9.13 Å². The minimum absolute atomic E-state index is 0.579. The van der Waals surface area contributed by atoms with Crippen LogP contribution in [-0.2, 0) is 0 Å². The van der Waals surface area contributed by atoms with Crippen LogP contribution in [0.15, 0.2) is 207 Å². The molecule has 68 heavy (non-hydrogen) atoms. The van der Waals surface area contributed by atoms with Crippen LogP contribution < -0.4 is 0 Å². The van der Waals surface area contributed by atoms with Gasteiger partial charge in [-0.15, -0.1) is 0 Å². The number of benzene rings is 9. The minimum atomic E-state index is 0.579. The molecule has 0 aliphatic carbocycles. The Morgan fingerprint density at radius 3 is 0.853 bits per heavy atom. The van der Waals surface area contributed by atoms with Gasteiger partial charge in [0.1, 0.15) is 11.6 Å². The zero-order chi connectivity index (χ0) is 46.0. The lowest BCUT2D eigenvalue weighted by Gasteiger charge is -2.18. The first kappa shape index (κ1) is 40.7. The predicted molar refractivity (Wildman–Crippen MR) is 284 cm³/mol. The fourth-order valence-electron chi connectivity index (χ4n) is 10.1. The Bertz CT molecular complexity index is 3520. The maximum Gasteiger partial charge on any atom is 0.104 e. The molecule has 4 nitrogen and oxygen atoms in total. The summed E-state index contributed by atoms with van der Waals surface area (Å²) in [4.78, 5) is 4.40. The van der Waals surface area contributed by atoms with Gasteiger partial charge in [-0.05, 0) is 156 Å². The zero-order valence-electron chi connectivity index (χ0n) is 38.4. The molecule has 0 atom stereocenters. The maximum absolute atomic E-state index is 11.7. The summed E-state index contributed by atoms with van der Waals surface area (Å²) < 4.78 is 4.63. The average molecular weight is 871 g/mol. The van der Waals surface area contributed by atoms with Crippen molar-refractivity contribution in [2.24, 2.45) is 0 Å². The molecule has 9 aromatic carbocycles. The summed E-state index contributed by atoms with van der Waals surface area (Å²) in [6.07, 6.45) is 3.68. The molecular weight excluding hydrogens is 825 g/mol. The number of nitriles is 1. The highest BCUT2D eigenvalue weighted by Gasteiger charge is 2.24. The van der Waals surface area contributed by atoms with E-state index in [2.05, 4.69) is 242 Å². The van der Waals surface area contributed by atoms with E-state index in [0.29, 0.717) is 5.56 Å². The average Bonchev–Trinajstić information content (AvgIpc) is 3.88. The molecule has 4 heteroatoms. The number of nitrogens with zero attached hydrogens (tertiary/aromatic N) is 4. The molecule has 0 radical (unpaired) electrons. The molecule has 0 saturated heterocycles. The Labute approximate surface area is 396 Å². The Morgan fingerprint density at radius 1 is 0.309 bits per heavy atom. The van der Waals surface area contributed by atoms with Crippen LogP contribution in [0.3, 0.4) is 0 Å². The zero-order valence-corrected chi connectivity index (χ0v) is 38.4. The van der Waals surface area contributed by atoms with Gasteiger partial charge in [0.2, 0.25) is 0 Å². The molecule has 0 aliphatic heterocycles. The minimum Gasteiger partial charge on any atom is -0.308 e. The summed E-state index contributed by atoms with van der Waals surface area (Å²) >= 11 is 0. The first-order valence-corrected chi connectivity index (χ1v) is 23.2. The number of rotatable bonds is 7. The van der Waals surface area contributed by atoms with Crippen molar-refractivity contribution < 1.29 is 0 Å². The van der Waals surface area contributed by atoms with Gasteiger partial charge in [0.25, 0.3) is 0 Å². The molecule has 0 aliphatic rings. The van der Waals surface area contributed by atoms with E-state index in [1.807, 2.05) is 12.4 Å². The highest BCUT2D eigenvalue weighted by molar-refractivity contribution is 6.14. The summed E-state index contributed by atoms with van der Waals surface area (Å²) in [7, 11) is 0. The SMILES string of the molecule is Cc1ccc(-c2ccc3c(c2)c2cc(-c4ccc(C)cc4)ccc2n3-c2cc(-c3ccncc3)cc(-n3c4ccc(-c5ccc(C)cc5)cc4c4cc(-c5ccc(C)cc5)ccc43)c2C#N)cc1. The van der Waals surface area contributed by atoms with Crippen LogP contribution in [0.1, 0.15) is 27.8 Å². The van der Waals surface area contributed by atoms with Crippen LogP contribution in [0.5, 0.6) is 0 Å².